The van der Waals surface area contributed by atoms with E-state index in [1.54, 1.807) is 24.4 Å². The van der Waals surface area contributed by atoms with Crippen molar-refractivity contribution in [3.63, 3.8) is 0 Å². The minimum atomic E-state index is -0.254. The molecule has 0 saturated heterocycles. The SMILES string of the molecule is Cc1cnc(N)c(C(=O)c2ccc(Cl)cn2)c1. The predicted octanol–water partition coefficient (Wildman–Crippen LogP) is 2.25. The first-order chi connectivity index (χ1) is 8.08. The summed E-state index contributed by atoms with van der Waals surface area (Å²) in [5.74, 6) is -0.0484. The molecule has 17 heavy (non-hydrogen) atoms. The number of nitrogen functional groups attached to an aromatic ring is 1. The first kappa shape index (κ1) is 11.5. The van der Waals surface area contributed by atoms with E-state index in [4.69, 9.17) is 17.3 Å². The monoisotopic (exact) mass is 247 g/mol. The molecule has 2 heterocycles. The van der Waals surface area contributed by atoms with Gasteiger partial charge in [-0.15, -0.1) is 0 Å². The Bertz CT molecular complexity index is 566. The summed E-state index contributed by atoms with van der Waals surface area (Å²) >= 11 is 5.71. The van der Waals surface area contributed by atoms with Gasteiger partial charge in [-0.05, 0) is 30.7 Å². The maximum Gasteiger partial charge on any atom is 0.215 e. The molecule has 0 fully saturated rings. The van der Waals surface area contributed by atoms with Crippen molar-refractivity contribution in [1.29, 1.82) is 0 Å². The van der Waals surface area contributed by atoms with Gasteiger partial charge in [0.05, 0.1) is 10.6 Å². The molecule has 0 amide bonds. The van der Waals surface area contributed by atoms with Crippen LogP contribution >= 0.6 is 11.6 Å². The van der Waals surface area contributed by atoms with Gasteiger partial charge in [0.25, 0.3) is 0 Å². The Balaban J connectivity index is 2.43. The van der Waals surface area contributed by atoms with Gasteiger partial charge in [-0.3, -0.25) is 9.78 Å². The van der Waals surface area contributed by atoms with Crippen molar-refractivity contribution in [2.45, 2.75) is 6.92 Å². The molecule has 0 aliphatic heterocycles. The van der Waals surface area contributed by atoms with E-state index < -0.39 is 0 Å². The van der Waals surface area contributed by atoms with Gasteiger partial charge < -0.3 is 5.73 Å². The molecule has 0 aliphatic rings. The van der Waals surface area contributed by atoms with E-state index in [9.17, 15) is 4.79 Å². The van der Waals surface area contributed by atoms with Gasteiger partial charge in [-0.1, -0.05) is 11.6 Å². The van der Waals surface area contributed by atoms with Crippen molar-refractivity contribution in [2.75, 3.05) is 5.73 Å². The number of carbonyl (C=O) groups excluding carboxylic acids is 1. The summed E-state index contributed by atoms with van der Waals surface area (Å²) in [4.78, 5) is 20.0. The second kappa shape index (κ2) is 4.51. The van der Waals surface area contributed by atoms with Crippen molar-refractivity contribution in [2.24, 2.45) is 0 Å². The summed E-state index contributed by atoms with van der Waals surface area (Å²) in [6.45, 7) is 1.85. The zero-order chi connectivity index (χ0) is 12.4. The zero-order valence-corrected chi connectivity index (χ0v) is 9.90. The summed E-state index contributed by atoms with van der Waals surface area (Å²) in [5.41, 5.74) is 7.20. The molecule has 86 valence electrons. The molecule has 5 heteroatoms. The third kappa shape index (κ3) is 2.42. The molecule has 0 bridgehead atoms. The van der Waals surface area contributed by atoms with Gasteiger partial charge in [-0.2, -0.15) is 0 Å². The Labute approximate surface area is 103 Å². The summed E-state index contributed by atoms with van der Waals surface area (Å²) < 4.78 is 0. The summed E-state index contributed by atoms with van der Waals surface area (Å²) in [6.07, 6.45) is 3.04. The normalized spacial score (nSPS) is 10.2. The van der Waals surface area contributed by atoms with Crippen molar-refractivity contribution in [1.82, 2.24) is 9.97 Å². The first-order valence-corrected chi connectivity index (χ1v) is 5.34. The van der Waals surface area contributed by atoms with Crippen molar-refractivity contribution >= 4 is 23.2 Å². The highest BCUT2D eigenvalue weighted by Gasteiger charge is 2.14. The topological polar surface area (TPSA) is 68.9 Å². The standard InChI is InChI=1S/C12H10ClN3O/c1-7-4-9(12(14)16-5-7)11(17)10-3-2-8(13)6-15-10/h2-6H,1H3,(H2,14,16). The number of aromatic nitrogens is 2. The minimum Gasteiger partial charge on any atom is -0.383 e. The number of hydrogen-bond donors (Lipinski definition) is 1. The highest BCUT2D eigenvalue weighted by Crippen LogP contribution is 2.16. The Hall–Kier alpha value is -1.94. The molecule has 2 aromatic rings. The van der Waals surface area contributed by atoms with E-state index in [-0.39, 0.29) is 11.6 Å². The Kier molecular flexibility index (Phi) is 3.06. The van der Waals surface area contributed by atoms with Crippen molar-refractivity contribution < 1.29 is 4.79 Å². The fourth-order valence-corrected chi connectivity index (χ4v) is 1.52. The number of rotatable bonds is 2. The average molecular weight is 248 g/mol. The Morgan fingerprint density at radius 1 is 1.29 bits per heavy atom. The van der Waals surface area contributed by atoms with Crippen molar-refractivity contribution in [3.05, 3.63) is 52.4 Å². The van der Waals surface area contributed by atoms with Crippen LogP contribution in [-0.4, -0.2) is 15.8 Å². The van der Waals surface area contributed by atoms with E-state index in [0.29, 0.717) is 16.3 Å². The second-order valence-electron chi connectivity index (χ2n) is 3.64. The minimum absolute atomic E-state index is 0.206. The predicted molar refractivity (Wildman–Crippen MR) is 66.1 cm³/mol. The van der Waals surface area contributed by atoms with Crippen LogP contribution in [0.5, 0.6) is 0 Å². The van der Waals surface area contributed by atoms with Crippen LogP contribution < -0.4 is 5.73 Å². The number of pyridine rings is 2. The maximum atomic E-state index is 12.1. The largest absolute Gasteiger partial charge is 0.383 e. The number of aryl methyl sites for hydroxylation is 1. The third-order valence-corrected chi connectivity index (χ3v) is 2.48. The summed E-state index contributed by atoms with van der Waals surface area (Å²) in [5, 5.41) is 0.483. The fraction of sp³-hybridized carbons (Fsp3) is 0.0833. The number of carbonyl (C=O) groups is 1. The molecule has 2 rings (SSSR count). The van der Waals surface area contributed by atoms with E-state index in [1.807, 2.05) is 6.92 Å². The van der Waals surface area contributed by atoms with Gasteiger partial charge >= 0.3 is 0 Å². The molecule has 0 spiro atoms. The van der Waals surface area contributed by atoms with Crippen LogP contribution in [0, 0.1) is 6.92 Å². The molecule has 4 nitrogen and oxygen atoms in total. The van der Waals surface area contributed by atoms with Gasteiger partial charge in [0, 0.05) is 12.4 Å². The van der Waals surface area contributed by atoms with E-state index in [1.165, 1.54) is 6.20 Å². The Morgan fingerprint density at radius 2 is 2.06 bits per heavy atom. The number of anilines is 1. The van der Waals surface area contributed by atoms with E-state index in [0.717, 1.165) is 5.56 Å². The van der Waals surface area contributed by atoms with Crippen LogP contribution in [0.4, 0.5) is 5.82 Å². The lowest BCUT2D eigenvalue weighted by molar-refractivity contribution is 0.103. The highest BCUT2D eigenvalue weighted by molar-refractivity contribution is 6.30. The van der Waals surface area contributed by atoms with Crippen LogP contribution in [0.15, 0.2) is 30.6 Å². The van der Waals surface area contributed by atoms with Crippen LogP contribution in [0.3, 0.4) is 0 Å². The van der Waals surface area contributed by atoms with Crippen LogP contribution in [-0.2, 0) is 0 Å². The molecule has 2 aromatic heterocycles. The molecule has 0 radical (unpaired) electrons. The highest BCUT2D eigenvalue weighted by atomic mass is 35.5. The van der Waals surface area contributed by atoms with Gasteiger partial charge in [0.1, 0.15) is 11.5 Å². The van der Waals surface area contributed by atoms with Crippen LogP contribution in [0.1, 0.15) is 21.6 Å². The number of ketones is 1. The third-order valence-electron chi connectivity index (χ3n) is 2.26. The van der Waals surface area contributed by atoms with Gasteiger partial charge in [0.2, 0.25) is 5.78 Å². The zero-order valence-electron chi connectivity index (χ0n) is 9.14. The first-order valence-electron chi connectivity index (χ1n) is 4.96. The summed E-state index contributed by atoms with van der Waals surface area (Å²) in [7, 11) is 0. The van der Waals surface area contributed by atoms with Crippen LogP contribution in [0.2, 0.25) is 5.02 Å². The maximum absolute atomic E-state index is 12.1. The molecule has 0 unspecified atom stereocenters. The van der Waals surface area contributed by atoms with Gasteiger partial charge in [-0.25, -0.2) is 4.98 Å². The van der Waals surface area contributed by atoms with Crippen LogP contribution in [0.25, 0.3) is 0 Å². The average Bonchev–Trinajstić information content (AvgIpc) is 2.32. The lowest BCUT2D eigenvalue weighted by Gasteiger charge is -2.04. The summed E-state index contributed by atoms with van der Waals surface area (Å²) in [6, 6.07) is 4.87. The number of hydrogen-bond acceptors (Lipinski definition) is 4. The molecule has 0 saturated carbocycles. The molecule has 0 atom stereocenters. The smallest absolute Gasteiger partial charge is 0.215 e. The van der Waals surface area contributed by atoms with Crippen molar-refractivity contribution in [3.8, 4) is 0 Å². The molecule has 0 aromatic carbocycles. The Morgan fingerprint density at radius 3 is 2.71 bits per heavy atom. The molecular weight excluding hydrogens is 238 g/mol. The fourth-order valence-electron chi connectivity index (χ4n) is 1.41. The van der Waals surface area contributed by atoms with E-state index in [2.05, 4.69) is 9.97 Å². The molecular formula is C12H10ClN3O. The quantitative estimate of drug-likeness (QED) is 0.827. The lowest BCUT2D eigenvalue weighted by Crippen LogP contribution is -2.08. The lowest BCUT2D eigenvalue weighted by atomic mass is 10.1. The second-order valence-corrected chi connectivity index (χ2v) is 4.07. The number of halogens is 1. The number of nitrogens with two attached hydrogens (primary N) is 1. The van der Waals surface area contributed by atoms with Gasteiger partial charge in [0.15, 0.2) is 0 Å². The molecule has 0 aliphatic carbocycles. The molecule has 2 N–H and O–H groups in total. The number of nitrogens with zero attached hydrogens (tertiary/aromatic N) is 2. The van der Waals surface area contributed by atoms with E-state index >= 15 is 0 Å².